The predicted octanol–water partition coefficient (Wildman–Crippen LogP) is 0.738. The van der Waals surface area contributed by atoms with Crippen LogP contribution in [0.2, 0.25) is 0 Å². The molecule has 0 saturated carbocycles. The number of carbonyl (C=O) groups is 2. The first-order valence-corrected chi connectivity index (χ1v) is 3.11. The van der Waals surface area contributed by atoms with E-state index >= 15 is 0 Å². The Morgan fingerprint density at radius 1 is 1.55 bits per heavy atom. The monoisotopic (exact) mass is 158 g/mol. The number of carboxylic acid groups (broad SMARTS) is 1. The van der Waals surface area contributed by atoms with Crippen molar-refractivity contribution in [3.05, 3.63) is 12.3 Å². The molecule has 0 aromatic heterocycles. The summed E-state index contributed by atoms with van der Waals surface area (Å²) in [6.45, 7) is 3.14. The lowest BCUT2D eigenvalue weighted by atomic mass is 10.0. The molecule has 62 valence electrons. The van der Waals surface area contributed by atoms with Crippen LogP contribution in [0, 0.1) is 5.92 Å². The van der Waals surface area contributed by atoms with Crippen LogP contribution in [0.15, 0.2) is 12.3 Å². The summed E-state index contributed by atoms with van der Waals surface area (Å²) in [5, 5.41) is 17.1. The number of rotatable bonds is 5. The average Bonchev–Trinajstić information content (AvgIpc) is 1.86. The van der Waals surface area contributed by atoms with Gasteiger partial charge in [0.1, 0.15) is 6.29 Å². The van der Waals surface area contributed by atoms with Crippen LogP contribution < -0.4 is 0 Å². The maximum atomic E-state index is 10.3. The van der Waals surface area contributed by atoms with Gasteiger partial charge < -0.3 is 15.0 Å². The van der Waals surface area contributed by atoms with E-state index in [1.807, 2.05) is 0 Å². The van der Waals surface area contributed by atoms with E-state index in [4.69, 9.17) is 10.2 Å². The normalized spacial score (nSPS) is 12.0. The molecule has 0 bridgehead atoms. The fraction of sp³-hybridized carbons (Fsp3) is 0.429. The molecular formula is C7H10O4. The number of aliphatic carboxylic acids is 1. The van der Waals surface area contributed by atoms with Gasteiger partial charge in [0.25, 0.3) is 0 Å². The van der Waals surface area contributed by atoms with Crippen LogP contribution in [0.4, 0.5) is 0 Å². The van der Waals surface area contributed by atoms with Crippen molar-refractivity contribution in [2.75, 3.05) is 0 Å². The third kappa shape index (κ3) is 4.13. The minimum Gasteiger partial charge on any atom is -0.513 e. The summed E-state index contributed by atoms with van der Waals surface area (Å²) in [6, 6.07) is 0. The minimum absolute atomic E-state index is 0.0614. The highest BCUT2D eigenvalue weighted by atomic mass is 16.4. The molecule has 0 radical (unpaired) electrons. The Bertz CT molecular complexity index is 173. The Morgan fingerprint density at radius 2 is 2.09 bits per heavy atom. The first-order chi connectivity index (χ1) is 5.07. The molecule has 0 aromatic rings. The number of aliphatic hydroxyl groups is 1. The van der Waals surface area contributed by atoms with E-state index < -0.39 is 11.9 Å². The van der Waals surface area contributed by atoms with E-state index in [2.05, 4.69) is 6.58 Å². The Kier molecular flexibility index (Phi) is 3.95. The van der Waals surface area contributed by atoms with Crippen molar-refractivity contribution >= 4 is 12.3 Å². The van der Waals surface area contributed by atoms with Gasteiger partial charge in [-0.15, -0.1) is 0 Å². The molecule has 4 heteroatoms. The molecule has 4 nitrogen and oxygen atoms in total. The number of carboxylic acids is 1. The number of hydrogen-bond donors (Lipinski definition) is 2. The summed E-state index contributed by atoms with van der Waals surface area (Å²) in [7, 11) is 0. The molecule has 0 spiro atoms. The zero-order chi connectivity index (χ0) is 8.85. The smallest absolute Gasteiger partial charge is 0.307 e. The molecule has 0 aliphatic rings. The topological polar surface area (TPSA) is 74.6 Å². The Hall–Kier alpha value is -1.32. The molecule has 11 heavy (non-hydrogen) atoms. The van der Waals surface area contributed by atoms with Gasteiger partial charge in [0.15, 0.2) is 0 Å². The summed E-state index contributed by atoms with van der Waals surface area (Å²) < 4.78 is 0. The molecule has 0 fully saturated rings. The third-order valence-corrected chi connectivity index (χ3v) is 1.21. The SMILES string of the molecule is C=C(O)CC(CC=O)C(=O)O. The van der Waals surface area contributed by atoms with Crippen LogP contribution in [-0.2, 0) is 9.59 Å². The molecule has 0 aliphatic carbocycles. The summed E-state index contributed by atoms with van der Waals surface area (Å²) in [6.07, 6.45) is 0.366. The summed E-state index contributed by atoms with van der Waals surface area (Å²) in [4.78, 5) is 20.2. The van der Waals surface area contributed by atoms with Gasteiger partial charge in [0, 0.05) is 12.8 Å². The standard InChI is InChI=1S/C7H10O4/c1-5(9)4-6(2-3-8)7(10)11/h3,6,9H,1-2,4H2,(H,10,11). The largest absolute Gasteiger partial charge is 0.513 e. The maximum Gasteiger partial charge on any atom is 0.307 e. The predicted molar refractivity (Wildman–Crippen MR) is 38.2 cm³/mol. The van der Waals surface area contributed by atoms with Crippen LogP contribution in [0.25, 0.3) is 0 Å². The zero-order valence-electron chi connectivity index (χ0n) is 5.99. The van der Waals surface area contributed by atoms with Crippen LogP contribution in [0.5, 0.6) is 0 Å². The highest BCUT2D eigenvalue weighted by molar-refractivity contribution is 5.73. The fourth-order valence-electron chi connectivity index (χ4n) is 0.672. The molecular weight excluding hydrogens is 148 g/mol. The Morgan fingerprint density at radius 3 is 2.36 bits per heavy atom. The number of hydrogen-bond acceptors (Lipinski definition) is 3. The van der Waals surface area contributed by atoms with Crippen LogP contribution in [0.3, 0.4) is 0 Å². The number of aliphatic hydroxyl groups excluding tert-OH is 1. The zero-order valence-corrected chi connectivity index (χ0v) is 5.99. The van der Waals surface area contributed by atoms with Gasteiger partial charge in [0.2, 0.25) is 0 Å². The molecule has 0 heterocycles. The number of carbonyl (C=O) groups excluding carboxylic acids is 1. The molecule has 0 aromatic carbocycles. The van der Waals surface area contributed by atoms with Gasteiger partial charge in [-0.25, -0.2) is 0 Å². The van der Waals surface area contributed by atoms with Gasteiger partial charge >= 0.3 is 5.97 Å². The van der Waals surface area contributed by atoms with Crippen molar-refractivity contribution in [2.24, 2.45) is 5.92 Å². The highest BCUT2D eigenvalue weighted by Crippen LogP contribution is 2.11. The quantitative estimate of drug-likeness (QED) is 0.457. The maximum absolute atomic E-state index is 10.3. The molecule has 1 unspecified atom stereocenters. The lowest BCUT2D eigenvalue weighted by Gasteiger charge is -2.05. The molecule has 0 aliphatic heterocycles. The van der Waals surface area contributed by atoms with Crippen LogP contribution in [0.1, 0.15) is 12.8 Å². The molecule has 0 rings (SSSR count). The van der Waals surface area contributed by atoms with E-state index in [1.54, 1.807) is 0 Å². The van der Waals surface area contributed by atoms with E-state index in [1.165, 1.54) is 0 Å². The number of allylic oxidation sites excluding steroid dienone is 1. The molecule has 2 N–H and O–H groups in total. The van der Waals surface area contributed by atoms with Crippen molar-refractivity contribution in [2.45, 2.75) is 12.8 Å². The highest BCUT2D eigenvalue weighted by Gasteiger charge is 2.17. The van der Waals surface area contributed by atoms with Crippen LogP contribution in [-0.4, -0.2) is 22.5 Å². The lowest BCUT2D eigenvalue weighted by molar-refractivity contribution is -0.143. The first kappa shape index (κ1) is 9.68. The van der Waals surface area contributed by atoms with Crippen molar-refractivity contribution in [1.82, 2.24) is 0 Å². The molecule has 1 atom stereocenters. The van der Waals surface area contributed by atoms with Crippen molar-refractivity contribution in [3.8, 4) is 0 Å². The van der Waals surface area contributed by atoms with E-state index in [-0.39, 0.29) is 18.6 Å². The average molecular weight is 158 g/mol. The number of aldehydes is 1. The third-order valence-electron chi connectivity index (χ3n) is 1.21. The second kappa shape index (κ2) is 4.49. The van der Waals surface area contributed by atoms with E-state index in [0.717, 1.165) is 0 Å². The van der Waals surface area contributed by atoms with Crippen LogP contribution >= 0.6 is 0 Å². The Balaban J connectivity index is 3.99. The molecule has 0 saturated heterocycles. The van der Waals surface area contributed by atoms with Gasteiger partial charge in [-0.05, 0) is 0 Å². The summed E-state index contributed by atoms with van der Waals surface area (Å²) >= 11 is 0. The van der Waals surface area contributed by atoms with Crippen molar-refractivity contribution < 1.29 is 19.8 Å². The van der Waals surface area contributed by atoms with E-state index in [9.17, 15) is 9.59 Å². The van der Waals surface area contributed by atoms with Crippen molar-refractivity contribution in [1.29, 1.82) is 0 Å². The Labute approximate surface area is 64.2 Å². The van der Waals surface area contributed by atoms with Gasteiger partial charge in [-0.2, -0.15) is 0 Å². The van der Waals surface area contributed by atoms with E-state index in [0.29, 0.717) is 6.29 Å². The fourth-order valence-corrected chi connectivity index (χ4v) is 0.672. The summed E-state index contributed by atoms with van der Waals surface area (Å²) in [5.74, 6) is -2.14. The molecule has 0 amide bonds. The van der Waals surface area contributed by atoms with Gasteiger partial charge in [0.05, 0.1) is 11.7 Å². The summed E-state index contributed by atoms with van der Waals surface area (Å²) in [5.41, 5.74) is 0. The van der Waals surface area contributed by atoms with Gasteiger partial charge in [-0.1, -0.05) is 6.58 Å². The minimum atomic E-state index is -1.09. The second-order valence-electron chi connectivity index (χ2n) is 2.21. The first-order valence-electron chi connectivity index (χ1n) is 3.11. The van der Waals surface area contributed by atoms with Gasteiger partial charge in [-0.3, -0.25) is 4.79 Å². The second-order valence-corrected chi connectivity index (χ2v) is 2.21. The lowest BCUT2D eigenvalue weighted by Crippen LogP contribution is -2.14. The van der Waals surface area contributed by atoms with Crippen molar-refractivity contribution in [3.63, 3.8) is 0 Å².